The summed E-state index contributed by atoms with van der Waals surface area (Å²) >= 11 is 11.3. The van der Waals surface area contributed by atoms with Gasteiger partial charge in [0.1, 0.15) is 0 Å². The molecule has 0 aliphatic carbocycles. The normalized spacial score (nSPS) is 10.1. The van der Waals surface area contributed by atoms with Gasteiger partial charge in [0, 0.05) is 16.6 Å². The van der Waals surface area contributed by atoms with Gasteiger partial charge < -0.3 is 9.73 Å². The van der Waals surface area contributed by atoms with Crippen molar-refractivity contribution >= 4 is 66.5 Å². The molecule has 0 atom stereocenters. The van der Waals surface area contributed by atoms with E-state index in [0.29, 0.717) is 14.8 Å². The predicted octanol–water partition coefficient (Wildman–Crippen LogP) is 3.84. The maximum Gasteiger partial charge on any atom is 0.293 e. The molecule has 2 N–H and O–H groups in total. The average Bonchev–Trinajstić information content (AvgIpc) is 2.87. The zero-order chi connectivity index (χ0) is 16.3. The summed E-state index contributed by atoms with van der Waals surface area (Å²) in [4.78, 5) is 22.0. The van der Waals surface area contributed by atoms with Crippen LogP contribution in [0.15, 0.2) is 43.9 Å². The lowest BCUT2D eigenvalue weighted by atomic mass is 10.3. The molecule has 10 heteroatoms. The van der Waals surface area contributed by atoms with Crippen LogP contribution < -0.4 is 10.6 Å². The molecular weight excluding hydrogens is 442 g/mol. The number of nitrogens with zero attached hydrogens (tertiary/aromatic N) is 1. The number of carbonyl (C=O) groups excluding carboxylic acids is 1. The lowest BCUT2D eigenvalue weighted by molar-refractivity contribution is -0.384. The van der Waals surface area contributed by atoms with Gasteiger partial charge in [-0.2, -0.15) is 0 Å². The molecule has 0 bridgehead atoms. The van der Waals surface area contributed by atoms with Crippen molar-refractivity contribution in [2.45, 2.75) is 0 Å². The second kappa shape index (κ2) is 6.99. The van der Waals surface area contributed by atoms with Gasteiger partial charge >= 0.3 is 0 Å². The van der Waals surface area contributed by atoms with E-state index in [2.05, 4.69) is 42.5 Å². The third-order valence-corrected chi connectivity index (χ3v) is 3.72. The van der Waals surface area contributed by atoms with Gasteiger partial charge in [0.2, 0.25) is 0 Å². The number of thiocarbonyl (C=S) groups is 1. The number of nitro groups is 1. The summed E-state index contributed by atoms with van der Waals surface area (Å²) in [5, 5.41) is 15.9. The Morgan fingerprint density at radius 2 is 2.00 bits per heavy atom. The minimum atomic E-state index is -0.513. The second-order valence-corrected chi connectivity index (χ2v) is 5.98. The monoisotopic (exact) mass is 447 g/mol. The third kappa shape index (κ3) is 4.12. The van der Waals surface area contributed by atoms with Crippen LogP contribution in [0, 0.1) is 10.1 Å². The first-order valence-corrected chi connectivity index (χ1v) is 7.68. The molecule has 0 aliphatic rings. The molecule has 0 spiro atoms. The van der Waals surface area contributed by atoms with Crippen molar-refractivity contribution < 1.29 is 14.1 Å². The van der Waals surface area contributed by atoms with Gasteiger partial charge in [0.05, 0.1) is 10.6 Å². The highest BCUT2D eigenvalue weighted by Gasteiger charge is 2.14. The van der Waals surface area contributed by atoms with E-state index >= 15 is 0 Å². The van der Waals surface area contributed by atoms with Gasteiger partial charge in [0.15, 0.2) is 15.5 Å². The molecule has 7 nitrogen and oxygen atoms in total. The maximum absolute atomic E-state index is 11.8. The molecule has 1 aromatic carbocycles. The summed E-state index contributed by atoms with van der Waals surface area (Å²) in [6, 6.07) is 7.20. The molecule has 0 aliphatic heterocycles. The van der Waals surface area contributed by atoms with Crippen LogP contribution in [-0.2, 0) is 0 Å². The SMILES string of the molecule is O=C(NC(=S)Nc1ccc([N+](=O)[O-])cc1Br)c1ccc(Br)o1. The van der Waals surface area contributed by atoms with Crippen LogP contribution in [0.4, 0.5) is 11.4 Å². The number of halogens is 2. The number of benzene rings is 1. The number of amides is 1. The number of hydrogen-bond donors (Lipinski definition) is 2. The zero-order valence-electron chi connectivity index (χ0n) is 10.6. The number of non-ortho nitro benzene ring substituents is 1. The van der Waals surface area contributed by atoms with Crippen LogP contribution in [0.5, 0.6) is 0 Å². The molecule has 2 aromatic rings. The van der Waals surface area contributed by atoms with Crippen molar-refractivity contribution in [2.24, 2.45) is 0 Å². The quantitative estimate of drug-likeness (QED) is 0.420. The number of nitrogens with one attached hydrogen (secondary N) is 2. The van der Waals surface area contributed by atoms with Crippen LogP contribution >= 0.6 is 44.1 Å². The summed E-state index contributed by atoms with van der Waals surface area (Å²) in [6.07, 6.45) is 0. The summed E-state index contributed by atoms with van der Waals surface area (Å²) in [6.45, 7) is 0. The molecule has 114 valence electrons. The lowest BCUT2D eigenvalue weighted by Gasteiger charge is -2.10. The van der Waals surface area contributed by atoms with E-state index in [1.165, 1.54) is 24.3 Å². The fourth-order valence-electron chi connectivity index (χ4n) is 1.47. The predicted molar refractivity (Wildman–Crippen MR) is 90.9 cm³/mol. The number of rotatable bonds is 3. The number of nitro benzene ring substituents is 1. The van der Waals surface area contributed by atoms with Crippen molar-refractivity contribution in [3.63, 3.8) is 0 Å². The van der Waals surface area contributed by atoms with Crippen molar-refractivity contribution in [1.29, 1.82) is 0 Å². The summed E-state index contributed by atoms with van der Waals surface area (Å²) in [5.41, 5.74) is 0.421. The minimum absolute atomic E-state index is 0.0343. The second-order valence-electron chi connectivity index (χ2n) is 3.93. The molecule has 0 saturated heterocycles. The maximum atomic E-state index is 11.8. The zero-order valence-corrected chi connectivity index (χ0v) is 14.6. The molecular formula is C12H7Br2N3O4S. The number of carbonyl (C=O) groups is 1. The van der Waals surface area contributed by atoms with Gasteiger partial charge in [-0.25, -0.2) is 0 Å². The Hall–Kier alpha value is -1.78. The molecule has 1 aromatic heterocycles. The summed E-state index contributed by atoms with van der Waals surface area (Å²) in [5.74, 6) is -0.417. The molecule has 0 fully saturated rings. The van der Waals surface area contributed by atoms with Crippen LogP contribution in [-0.4, -0.2) is 15.9 Å². The molecule has 1 heterocycles. The van der Waals surface area contributed by atoms with E-state index < -0.39 is 10.8 Å². The molecule has 0 saturated carbocycles. The first-order valence-electron chi connectivity index (χ1n) is 5.68. The van der Waals surface area contributed by atoms with Gasteiger partial charge in [-0.1, -0.05) is 0 Å². The van der Waals surface area contributed by atoms with Crippen LogP contribution in [0.25, 0.3) is 0 Å². The molecule has 2 rings (SSSR count). The largest absolute Gasteiger partial charge is 0.444 e. The molecule has 1 amide bonds. The van der Waals surface area contributed by atoms with E-state index in [1.54, 1.807) is 6.07 Å². The van der Waals surface area contributed by atoms with Crippen molar-refractivity contribution in [3.05, 3.63) is 55.3 Å². The Labute approximate surface area is 146 Å². The number of hydrogen-bond acceptors (Lipinski definition) is 5. The van der Waals surface area contributed by atoms with Gasteiger partial charge in [-0.15, -0.1) is 0 Å². The number of anilines is 1. The van der Waals surface area contributed by atoms with E-state index in [9.17, 15) is 14.9 Å². The minimum Gasteiger partial charge on any atom is -0.444 e. The van der Waals surface area contributed by atoms with Crippen LogP contribution in [0.3, 0.4) is 0 Å². The van der Waals surface area contributed by atoms with E-state index in [4.69, 9.17) is 16.6 Å². The average molecular weight is 449 g/mol. The van der Waals surface area contributed by atoms with Crippen molar-refractivity contribution in [1.82, 2.24) is 5.32 Å². The van der Waals surface area contributed by atoms with E-state index in [0.717, 1.165) is 0 Å². The highest BCUT2D eigenvalue weighted by Crippen LogP contribution is 2.27. The number of furan rings is 1. The molecule has 22 heavy (non-hydrogen) atoms. The van der Waals surface area contributed by atoms with Crippen LogP contribution in [0.2, 0.25) is 0 Å². The van der Waals surface area contributed by atoms with Gasteiger partial charge in [0.25, 0.3) is 11.6 Å². The van der Waals surface area contributed by atoms with Gasteiger partial charge in [-0.3, -0.25) is 20.2 Å². The molecule has 0 radical (unpaired) electrons. The fraction of sp³-hybridized carbons (Fsp3) is 0. The third-order valence-electron chi connectivity index (χ3n) is 2.44. The summed E-state index contributed by atoms with van der Waals surface area (Å²) in [7, 11) is 0. The first-order chi connectivity index (χ1) is 10.4. The Morgan fingerprint density at radius 1 is 1.27 bits per heavy atom. The standard InChI is InChI=1S/C12H7Br2N3O4S/c13-7-5-6(17(19)20)1-2-8(7)15-12(22)16-11(18)9-3-4-10(14)21-9/h1-5H,(H2,15,16,18,22). The van der Waals surface area contributed by atoms with E-state index in [-0.39, 0.29) is 16.6 Å². The topological polar surface area (TPSA) is 97.4 Å². The Morgan fingerprint density at radius 3 is 2.55 bits per heavy atom. The Bertz CT molecular complexity index is 763. The molecule has 0 unspecified atom stereocenters. The van der Waals surface area contributed by atoms with Crippen molar-refractivity contribution in [2.75, 3.05) is 5.32 Å². The first kappa shape index (κ1) is 16.6. The fourth-order valence-corrected chi connectivity index (χ4v) is 2.45. The van der Waals surface area contributed by atoms with Crippen molar-refractivity contribution in [3.8, 4) is 0 Å². The van der Waals surface area contributed by atoms with E-state index in [1.807, 2.05) is 0 Å². The lowest BCUT2D eigenvalue weighted by Crippen LogP contribution is -2.33. The Kier molecular flexibility index (Phi) is 5.27. The highest BCUT2D eigenvalue weighted by molar-refractivity contribution is 9.10. The smallest absolute Gasteiger partial charge is 0.293 e. The highest BCUT2D eigenvalue weighted by atomic mass is 79.9. The van der Waals surface area contributed by atoms with Gasteiger partial charge in [-0.05, 0) is 62.3 Å². The van der Waals surface area contributed by atoms with Crippen LogP contribution in [0.1, 0.15) is 10.6 Å². The summed E-state index contributed by atoms with van der Waals surface area (Å²) < 4.78 is 5.96. The Balaban J connectivity index is 2.03.